The van der Waals surface area contributed by atoms with Gasteiger partial charge in [0.25, 0.3) is 0 Å². The molecule has 0 saturated heterocycles. The van der Waals surface area contributed by atoms with E-state index in [1.807, 2.05) is 66.2 Å². The van der Waals surface area contributed by atoms with Gasteiger partial charge >= 0.3 is 12.1 Å². The number of carbonyl (C=O) groups is 3. The third-order valence-corrected chi connectivity index (χ3v) is 8.56. The number of nitrogens with zero attached hydrogens (tertiary/aromatic N) is 2. The number of hydrogen-bond donors (Lipinski definition) is 3. The van der Waals surface area contributed by atoms with E-state index >= 15 is 0 Å². The van der Waals surface area contributed by atoms with Crippen LogP contribution in [0.25, 0.3) is 10.8 Å². The van der Waals surface area contributed by atoms with Crippen LogP contribution in [0.1, 0.15) is 56.4 Å². The van der Waals surface area contributed by atoms with Crippen LogP contribution in [0.4, 0.5) is 4.79 Å². The summed E-state index contributed by atoms with van der Waals surface area (Å²) in [5, 5.41) is 23.5. The van der Waals surface area contributed by atoms with Gasteiger partial charge < -0.3 is 24.4 Å². The third-order valence-electron chi connectivity index (χ3n) is 6.95. The highest BCUT2D eigenvalue weighted by Gasteiger charge is 2.26. The highest BCUT2D eigenvalue weighted by Crippen LogP contribution is 2.33. The summed E-state index contributed by atoms with van der Waals surface area (Å²) in [5.41, 5.74) is 0. The second-order valence-corrected chi connectivity index (χ2v) is 12.5. The first kappa shape index (κ1) is 37.1. The number of esters is 1. The van der Waals surface area contributed by atoms with Crippen molar-refractivity contribution in [2.24, 2.45) is 0 Å². The lowest BCUT2D eigenvalue weighted by Crippen LogP contribution is -2.44. The van der Waals surface area contributed by atoms with Crippen LogP contribution in [-0.2, 0) is 23.9 Å². The molecule has 0 aliphatic carbocycles. The van der Waals surface area contributed by atoms with Crippen LogP contribution in [-0.4, -0.2) is 83.2 Å². The summed E-state index contributed by atoms with van der Waals surface area (Å²) in [4.78, 5) is 45.2. The molecule has 3 aromatic rings. The Morgan fingerprint density at radius 2 is 1.76 bits per heavy atom. The van der Waals surface area contributed by atoms with Crippen molar-refractivity contribution in [1.29, 1.82) is 0 Å². The number of fused-ring (bicyclic) bond motifs is 1. The monoisotopic (exact) mass is 677 g/mol. The number of thiophene rings is 1. The largest absolute Gasteiger partial charge is 0.484 e. The Hall–Kier alpha value is -3.40. The first-order chi connectivity index (χ1) is 22.2. The summed E-state index contributed by atoms with van der Waals surface area (Å²) in [6.45, 7) is 1.87. The molecule has 12 nitrogen and oxygen atoms in total. The molecule has 1 heterocycles. The van der Waals surface area contributed by atoms with E-state index in [-0.39, 0.29) is 30.4 Å². The second-order valence-electron chi connectivity index (χ2n) is 10.5. The number of rotatable bonds is 20. The molecule has 14 heteroatoms. The minimum atomic E-state index is -1.17. The molecule has 1 aromatic heterocycles. The van der Waals surface area contributed by atoms with Gasteiger partial charge in [-0.05, 0) is 54.2 Å². The maximum absolute atomic E-state index is 12.9. The van der Waals surface area contributed by atoms with Crippen LogP contribution in [0, 0.1) is 0 Å². The maximum atomic E-state index is 12.9. The summed E-state index contributed by atoms with van der Waals surface area (Å²) < 4.78 is 17.3. The zero-order valence-electron chi connectivity index (χ0n) is 26.3. The molecule has 0 radical (unpaired) electrons. The number of thioether (sulfide) groups is 1. The molecule has 3 rings (SSSR count). The normalized spacial score (nSPS) is 13.2. The zero-order chi connectivity index (χ0) is 33.3. The van der Waals surface area contributed by atoms with Crippen LogP contribution in [0.5, 0.6) is 5.75 Å². The highest BCUT2D eigenvalue weighted by atomic mass is 32.2. The standard InChI is InChI=1S/C32H43N3O9S2/c1-23(42-31(37)26(18-22-45-3)33-30(36)16-5-4-8-20-41-35(39)40)43-32(38)34(2)19-17-28(29-15-10-21-46-29)44-27-14-9-12-24-11-6-7-13-25(24)27/h6-7,9-15,21,23,26,28,39-40H,4-5,8,16-20,22H2,1-3H3,(H,33,36)/t23?,26?,28-/m0/s1. The Labute approximate surface area is 277 Å². The van der Waals surface area contributed by atoms with Crippen molar-refractivity contribution in [3.8, 4) is 5.75 Å². The van der Waals surface area contributed by atoms with Crippen molar-refractivity contribution in [2.45, 2.75) is 63.9 Å². The fraction of sp³-hybridized carbons (Fsp3) is 0.469. The SMILES string of the molecule is CSCCC(NC(=O)CCCCCON(O)O)C(=O)OC(C)OC(=O)N(C)CC[C@H](Oc1cccc2ccccc12)c1cccs1. The number of benzene rings is 2. The van der Waals surface area contributed by atoms with Gasteiger partial charge in [-0.3, -0.25) is 20.0 Å². The van der Waals surface area contributed by atoms with Crippen molar-refractivity contribution < 1.29 is 43.8 Å². The molecule has 0 bridgehead atoms. The van der Waals surface area contributed by atoms with Gasteiger partial charge in [0.15, 0.2) is 0 Å². The molecule has 2 amide bonds. The molecule has 0 saturated carbocycles. The van der Waals surface area contributed by atoms with Crippen LogP contribution in [0.3, 0.4) is 0 Å². The summed E-state index contributed by atoms with van der Waals surface area (Å²) in [6, 6.07) is 17.0. The van der Waals surface area contributed by atoms with Crippen molar-refractivity contribution in [3.63, 3.8) is 0 Å². The maximum Gasteiger partial charge on any atom is 0.412 e. The molecule has 3 atom stereocenters. The average molecular weight is 678 g/mol. The predicted octanol–water partition coefficient (Wildman–Crippen LogP) is 6.18. The molecule has 2 unspecified atom stereocenters. The van der Waals surface area contributed by atoms with Crippen molar-refractivity contribution in [1.82, 2.24) is 15.6 Å². The van der Waals surface area contributed by atoms with Crippen LogP contribution in [0.2, 0.25) is 0 Å². The smallest absolute Gasteiger partial charge is 0.412 e. The summed E-state index contributed by atoms with van der Waals surface area (Å²) in [5.74, 6) is 0.368. The summed E-state index contributed by atoms with van der Waals surface area (Å²) in [7, 11) is 1.61. The second kappa shape index (κ2) is 20.0. The van der Waals surface area contributed by atoms with Gasteiger partial charge in [-0.1, -0.05) is 48.9 Å². The van der Waals surface area contributed by atoms with E-state index in [0.717, 1.165) is 21.4 Å². The van der Waals surface area contributed by atoms with E-state index in [0.29, 0.717) is 44.4 Å². The quantitative estimate of drug-likeness (QED) is 0.0545. The number of ether oxygens (including phenoxy) is 3. The lowest BCUT2D eigenvalue weighted by molar-refractivity contribution is -0.492. The lowest BCUT2D eigenvalue weighted by Gasteiger charge is -2.25. The van der Waals surface area contributed by atoms with Gasteiger partial charge in [0.1, 0.15) is 17.9 Å². The molecule has 252 valence electrons. The van der Waals surface area contributed by atoms with E-state index in [4.69, 9.17) is 24.6 Å². The van der Waals surface area contributed by atoms with Gasteiger partial charge in [-0.2, -0.15) is 11.8 Å². The minimum absolute atomic E-state index is 0.0944. The molecule has 2 aromatic carbocycles. The van der Waals surface area contributed by atoms with E-state index in [1.54, 1.807) is 18.4 Å². The minimum Gasteiger partial charge on any atom is -0.484 e. The lowest BCUT2D eigenvalue weighted by atomic mass is 10.1. The Balaban J connectivity index is 1.49. The Morgan fingerprint density at radius 3 is 2.50 bits per heavy atom. The van der Waals surface area contributed by atoms with E-state index < -0.39 is 24.4 Å². The van der Waals surface area contributed by atoms with Gasteiger partial charge in [-0.25, -0.2) is 9.59 Å². The average Bonchev–Trinajstić information content (AvgIpc) is 3.57. The molecule has 3 N–H and O–H groups in total. The first-order valence-corrected chi connectivity index (χ1v) is 17.3. The fourth-order valence-electron chi connectivity index (χ4n) is 4.55. The van der Waals surface area contributed by atoms with Gasteiger partial charge in [-0.15, -0.1) is 11.3 Å². The van der Waals surface area contributed by atoms with Crippen molar-refractivity contribution in [2.75, 3.05) is 32.2 Å². The van der Waals surface area contributed by atoms with Crippen LogP contribution < -0.4 is 10.1 Å². The Bertz CT molecular complexity index is 1350. The van der Waals surface area contributed by atoms with Crippen LogP contribution in [0.15, 0.2) is 60.0 Å². The van der Waals surface area contributed by atoms with Crippen molar-refractivity contribution in [3.05, 3.63) is 64.9 Å². The molecule has 0 fully saturated rings. The number of amides is 2. The molecule has 0 spiro atoms. The fourth-order valence-corrected chi connectivity index (χ4v) is 5.81. The number of unbranched alkanes of at least 4 members (excludes halogenated alkanes) is 2. The Kier molecular flexibility index (Phi) is 16.1. The van der Waals surface area contributed by atoms with E-state index in [9.17, 15) is 14.4 Å². The van der Waals surface area contributed by atoms with Crippen LogP contribution >= 0.6 is 23.1 Å². The first-order valence-electron chi connectivity index (χ1n) is 15.1. The van der Waals surface area contributed by atoms with Gasteiger partial charge in [0.2, 0.25) is 12.2 Å². The number of carbonyl (C=O) groups excluding carboxylic acids is 3. The summed E-state index contributed by atoms with van der Waals surface area (Å²) >= 11 is 3.11. The molecule has 0 aliphatic heterocycles. The molecular formula is C32H43N3O9S2. The topological polar surface area (TPSA) is 147 Å². The van der Waals surface area contributed by atoms with Gasteiger partial charge in [0, 0.05) is 43.6 Å². The highest BCUT2D eigenvalue weighted by molar-refractivity contribution is 7.98. The molecule has 46 heavy (non-hydrogen) atoms. The molecular weight excluding hydrogens is 634 g/mol. The van der Waals surface area contributed by atoms with E-state index in [1.165, 1.54) is 23.6 Å². The third kappa shape index (κ3) is 12.8. The molecule has 0 aliphatic rings. The number of hydrogen-bond acceptors (Lipinski definition) is 12. The number of nitrogens with one attached hydrogen (secondary N) is 1. The zero-order valence-corrected chi connectivity index (χ0v) is 28.0. The van der Waals surface area contributed by atoms with Crippen molar-refractivity contribution >= 4 is 51.8 Å². The van der Waals surface area contributed by atoms with E-state index in [2.05, 4.69) is 10.2 Å². The summed E-state index contributed by atoms with van der Waals surface area (Å²) in [6.07, 6.45) is 2.46. The predicted molar refractivity (Wildman–Crippen MR) is 176 cm³/mol. The van der Waals surface area contributed by atoms with Gasteiger partial charge in [0.05, 0.1) is 12.0 Å². The Morgan fingerprint density at radius 1 is 0.978 bits per heavy atom.